The third-order valence-electron chi connectivity index (χ3n) is 5.43. The predicted octanol–water partition coefficient (Wildman–Crippen LogP) is 6.44. The molecule has 0 spiro atoms. The van der Waals surface area contributed by atoms with Crippen LogP contribution in [0.15, 0.2) is 60.2 Å². The second-order valence-corrected chi connectivity index (χ2v) is 8.30. The van der Waals surface area contributed by atoms with E-state index < -0.39 is 5.91 Å². The van der Waals surface area contributed by atoms with Crippen LogP contribution in [0.25, 0.3) is 6.08 Å². The van der Waals surface area contributed by atoms with Crippen molar-refractivity contribution < 1.29 is 14.3 Å². The first-order valence-electron chi connectivity index (χ1n) is 11.3. The normalized spacial score (nSPS) is 11.0. The third kappa shape index (κ3) is 6.26. The lowest BCUT2D eigenvalue weighted by Gasteiger charge is -2.16. The molecular weight excluding hydrogens is 424 g/mol. The minimum atomic E-state index is -0.461. The largest absolute Gasteiger partial charge is 0.490 e. The summed E-state index contributed by atoms with van der Waals surface area (Å²) in [6, 6.07) is 19.1. The molecule has 0 aliphatic rings. The Bertz CT molecular complexity index is 1250. The van der Waals surface area contributed by atoms with E-state index in [1.165, 1.54) is 16.7 Å². The van der Waals surface area contributed by atoms with Gasteiger partial charge in [0.15, 0.2) is 11.5 Å². The molecule has 0 fully saturated rings. The molecule has 0 bridgehead atoms. The number of aryl methyl sites for hydroxylation is 4. The Morgan fingerprint density at radius 1 is 0.941 bits per heavy atom. The SMILES string of the molecule is CCOc1cc(/C=C(\C#N)C(=O)Nc2cccc(C)c2)ccc1OCc1c(C)cc(C)cc1C. The van der Waals surface area contributed by atoms with Crippen molar-refractivity contribution in [2.75, 3.05) is 11.9 Å². The maximum Gasteiger partial charge on any atom is 0.266 e. The molecule has 3 aromatic rings. The zero-order valence-electron chi connectivity index (χ0n) is 20.4. The molecule has 5 heteroatoms. The quantitative estimate of drug-likeness (QED) is 0.314. The smallest absolute Gasteiger partial charge is 0.266 e. The summed E-state index contributed by atoms with van der Waals surface area (Å²) in [6.45, 7) is 11.0. The van der Waals surface area contributed by atoms with E-state index in [2.05, 4.69) is 38.2 Å². The number of hydrogen-bond donors (Lipinski definition) is 1. The van der Waals surface area contributed by atoms with Crippen LogP contribution in [0.3, 0.4) is 0 Å². The van der Waals surface area contributed by atoms with Crippen LogP contribution in [-0.2, 0) is 11.4 Å². The molecule has 0 heterocycles. The van der Waals surface area contributed by atoms with E-state index in [-0.39, 0.29) is 5.57 Å². The molecule has 5 nitrogen and oxygen atoms in total. The van der Waals surface area contributed by atoms with Gasteiger partial charge in [-0.1, -0.05) is 35.9 Å². The Labute approximate surface area is 201 Å². The van der Waals surface area contributed by atoms with Crippen molar-refractivity contribution in [1.29, 1.82) is 5.26 Å². The highest BCUT2D eigenvalue weighted by Gasteiger charge is 2.13. The molecule has 0 aromatic heterocycles. The van der Waals surface area contributed by atoms with Gasteiger partial charge >= 0.3 is 0 Å². The van der Waals surface area contributed by atoms with Crippen LogP contribution in [0.4, 0.5) is 5.69 Å². The van der Waals surface area contributed by atoms with Crippen LogP contribution in [0.1, 0.15) is 40.3 Å². The number of nitrogens with one attached hydrogen (secondary N) is 1. The summed E-state index contributed by atoms with van der Waals surface area (Å²) in [5, 5.41) is 12.3. The Balaban J connectivity index is 1.81. The summed E-state index contributed by atoms with van der Waals surface area (Å²) in [6.07, 6.45) is 1.55. The summed E-state index contributed by atoms with van der Waals surface area (Å²) in [5.74, 6) is 0.716. The number of anilines is 1. The van der Waals surface area contributed by atoms with Crippen LogP contribution < -0.4 is 14.8 Å². The van der Waals surface area contributed by atoms with E-state index in [0.29, 0.717) is 36.0 Å². The summed E-state index contributed by atoms with van der Waals surface area (Å²) in [4.78, 5) is 12.6. The number of carbonyl (C=O) groups excluding carboxylic acids is 1. The highest BCUT2D eigenvalue weighted by atomic mass is 16.5. The van der Waals surface area contributed by atoms with Crippen LogP contribution in [-0.4, -0.2) is 12.5 Å². The number of amides is 1. The Kier molecular flexibility index (Phi) is 8.10. The van der Waals surface area contributed by atoms with Gasteiger partial charge in [0.1, 0.15) is 18.2 Å². The van der Waals surface area contributed by atoms with Gasteiger partial charge in [0.2, 0.25) is 0 Å². The predicted molar refractivity (Wildman–Crippen MR) is 136 cm³/mol. The van der Waals surface area contributed by atoms with Gasteiger partial charge in [0.25, 0.3) is 5.91 Å². The molecule has 0 aliphatic carbocycles. The van der Waals surface area contributed by atoms with Gasteiger partial charge < -0.3 is 14.8 Å². The van der Waals surface area contributed by atoms with E-state index in [1.54, 1.807) is 18.2 Å². The molecule has 0 aliphatic heterocycles. The van der Waals surface area contributed by atoms with E-state index in [0.717, 1.165) is 11.1 Å². The second kappa shape index (κ2) is 11.2. The van der Waals surface area contributed by atoms with E-state index >= 15 is 0 Å². The average molecular weight is 455 g/mol. The van der Waals surface area contributed by atoms with Crippen molar-refractivity contribution in [3.8, 4) is 17.6 Å². The first kappa shape index (κ1) is 24.6. The minimum Gasteiger partial charge on any atom is -0.490 e. The van der Waals surface area contributed by atoms with Crippen molar-refractivity contribution in [1.82, 2.24) is 0 Å². The lowest BCUT2D eigenvalue weighted by Crippen LogP contribution is -2.13. The van der Waals surface area contributed by atoms with Gasteiger partial charge in [-0.2, -0.15) is 5.26 Å². The number of hydrogen-bond acceptors (Lipinski definition) is 4. The van der Waals surface area contributed by atoms with Crippen LogP contribution in [0, 0.1) is 39.0 Å². The van der Waals surface area contributed by atoms with E-state index in [4.69, 9.17) is 9.47 Å². The number of carbonyl (C=O) groups is 1. The highest BCUT2D eigenvalue weighted by Crippen LogP contribution is 2.31. The van der Waals surface area contributed by atoms with Crippen LogP contribution >= 0.6 is 0 Å². The number of rotatable bonds is 8. The Morgan fingerprint density at radius 3 is 2.32 bits per heavy atom. The number of nitrogens with zero attached hydrogens (tertiary/aromatic N) is 1. The molecule has 0 saturated carbocycles. The third-order valence-corrected chi connectivity index (χ3v) is 5.43. The maximum absolute atomic E-state index is 12.6. The van der Waals surface area contributed by atoms with Gasteiger partial charge in [-0.3, -0.25) is 4.79 Å². The molecule has 174 valence electrons. The molecule has 0 atom stereocenters. The van der Waals surface area contributed by atoms with Gasteiger partial charge in [0.05, 0.1) is 6.61 Å². The fourth-order valence-corrected chi connectivity index (χ4v) is 3.83. The maximum atomic E-state index is 12.6. The van der Waals surface area contributed by atoms with Gasteiger partial charge in [-0.15, -0.1) is 0 Å². The average Bonchev–Trinajstić information content (AvgIpc) is 2.78. The Hall–Kier alpha value is -4.04. The summed E-state index contributed by atoms with van der Waals surface area (Å²) < 4.78 is 11.9. The van der Waals surface area contributed by atoms with Gasteiger partial charge in [0, 0.05) is 5.69 Å². The van der Waals surface area contributed by atoms with Crippen molar-refractivity contribution in [3.05, 3.63) is 93.6 Å². The fourth-order valence-electron chi connectivity index (χ4n) is 3.83. The van der Waals surface area contributed by atoms with Crippen LogP contribution in [0.5, 0.6) is 11.5 Å². The molecular formula is C29H30N2O3. The summed E-state index contributed by atoms with van der Waals surface area (Å²) >= 11 is 0. The fraction of sp³-hybridized carbons (Fsp3) is 0.241. The number of nitriles is 1. The molecule has 0 saturated heterocycles. The zero-order valence-corrected chi connectivity index (χ0v) is 20.4. The van der Waals surface area contributed by atoms with Crippen molar-refractivity contribution in [2.45, 2.75) is 41.2 Å². The topological polar surface area (TPSA) is 71.3 Å². The van der Waals surface area contributed by atoms with Gasteiger partial charge in [-0.05, 0) is 92.8 Å². The lowest BCUT2D eigenvalue weighted by molar-refractivity contribution is -0.112. The molecule has 3 aromatic carbocycles. The summed E-state index contributed by atoms with van der Waals surface area (Å²) in [7, 11) is 0. The molecule has 3 rings (SSSR count). The first-order chi connectivity index (χ1) is 16.3. The minimum absolute atomic E-state index is 0.00327. The summed E-state index contributed by atoms with van der Waals surface area (Å²) in [5.41, 5.74) is 7.10. The van der Waals surface area contributed by atoms with E-state index in [9.17, 15) is 10.1 Å². The van der Waals surface area contributed by atoms with Crippen molar-refractivity contribution >= 4 is 17.7 Å². The highest BCUT2D eigenvalue weighted by molar-refractivity contribution is 6.09. The van der Waals surface area contributed by atoms with Gasteiger partial charge in [-0.25, -0.2) is 0 Å². The van der Waals surface area contributed by atoms with E-state index in [1.807, 2.05) is 50.2 Å². The standard InChI is InChI=1S/C29H30N2O3/c1-6-33-28-16-23(15-24(17-30)29(32)31-25-9-7-8-19(2)14-25)10-11-27(28)34-18-26-21(4)12-20(3)13-22(26)5/h7-16H,6,18H2,1-5H3,(H,31,32)/b24-15+. The molecule has 1 N–H and O–H groups in total. The molecule has 0 radical (unpaired) electrons. The second-order valence-electron chi connectivity index (χ2n) is 8.30. The number of ether oxygens (including phenoxy) is 2. The van der Waals surface area contributed by atoms with Crippen molar-refractivity contribution in [3.63, 3.8) is 0 Å². The molecule has 1 amide bonds. The number of benzene rings is 3. The molecule has 34 heavy (non-hydrogen) atoms. The molecule has 0 unspecified atom stereocenters. The Morgan fingerprint density at radius 2 is 1.68 bits per heavy atom. The monoisotopic (exact) mass is 454 g/mol. The first-order valence-corrected chi connectivity index (χ1v) is 11.3. The van der Waals surface area contributed by atoms with Crippen molar-refractivity contribution in [2.24, 2.45) is 0 Å². The lowest BCUT2D eigenvalue weighted by atomic mass is 10.0. The zero-order chi connectivity index (χ0) is 24.7. The van der Waals surface area contributed by atoms with Crippen LogP contribution in [0.2, 0.25) is 0 Å².